The van der Waals surface area contributed by atoms with Crippen LogP contribution in [0.25, 0.3) is 0 Å². The van der Waals surface area contributed by atoms with Crippen molar-refractivity contribution in [2.24, 2.45) is 0 Å². The van der Waals surface area contributed by atoms with Gasteiger partial charge >= 0.3 is 6.03 Å². The first-order valence-corrected chi connectivity index (χ1v) is 6.86. The average molecular weight is 278 g/mol. The molecule has 110 valence electrons. The number of amides is 2. The number of morpholine rings is 1. The lowest BCUT2D eigenvalue weighted by atomic mass is 10.3. The van der Waals surface area contributed by atoms with Gasteiger partial charge in [-0.05, 0) is 31.2 Å². The molecule has 20 heavy (non-hydrogen) atoms. The van der Waals surface area contributed by atoms with E-state index in [-0.39, 0.29) is 12.1 Å². The Labute approximate surface area is 119 Å². The number of ether oxygens (including phenoxy) is 1. The number of nitrogens with zero attached hydrogens (tertiary/aromatic N) is 1. The summed E-state index contributed by atoms with van der Waals surface area (Å²) in [6.45, 7) is 6.21. The number of carbonyl (C=O) groups is 1. The van der Waals surface area contributed by atoms with E-state index in [9.17, 15) is 4.79 Å². The van der Waals surface area contributed by atoms with Crippen molar-refractivity contribution in [3.63, 3.8) is 0 Å². The maximum Gasteiger partial charge on any atom is 0.319 e. The van der Waals surface area contributed by atoms with Crippen molar-refractivity contribution in [2.75, 3.05) is 43.9 Å². The van der Waals surface area contributed by atoms with Gasteiger partial charge in [0.15, 0.2) is 0 Å². The van der Waals surface area contributed by atoms with Crippen molar-refractivity contribution in [3.05, 3.63) is 24.3 Å². The van der Waals surface area contributed by atoms with Gasteiger partial charge in [0.2, 0.25) is 0 Å². The van der Waals surface area contributed by atoms with Crippen LogP contribution in [0.5, 0.6) is 0 Å². The summed E-state index contributed by atoms with van der Waals surface area (Å²) < 4.78 is 5.30. The van der Waals surface area contributed by atoms with E-state index < -0.39 is 0 Å². The Morgan fingerprint density at radius 2 is 2.00 bits per heavy atom. The van der Waals surface area contributed by atoms with Crippen LogP contribution in [0.3, 0.4) is 0 Å². The molecule has 2 rings (SSSR count). The summed E-state index contributed by atoms with van der Waals surface area (Å²) in [6, 6.07) is 6.96. The van der Waals surface area contributed by atoms with Gasteiger partial charge in [-0.25, -0.2) is 4.79 Å². The molecule has 6 nitrogen and oxygen atoms in total. The van der Waals surface area contributed by atoms with Crippen LogP contribution in [-0.4, -0.2) is 49.8 Å². The molecule has 1 fully saturated rings. The largest absolute Gasteiger partial charge is 0.399 e. The first-order chi connectivity index (χ1) is 9.63. The number of nitrogens with two attached hydrogens (primary N) is 1. The Morgan fingerprint density at radius 1 is 1.35 bits per heavy atom. The molecule has 0 saturated carbocycles. The summed E-state index contributed by atoms with van der Waals surface area (Å²) in [4.78, 5) is 14.1. The van der Waals surface area contributed by atoms with Crippen LogP contribution in [0, 0.1) is 0 Å². The number of hydrogen-bond acceptors (Lipinski definition) is 4. The van der Waals surface area contributed by atoms with Crippen molar-refractivity contribution >= 4 is 17.4 Å². The maximum atomic E-state index is 11.9. The first-order valence-electron chi connectivity index (χ1n) is 6.86. The number of anilines is 2. The fourth-order valence-electron chi connectivity index (χ4n) is 2.17. The molecule has 2 amide bonds. The minimum Gasteiger partial charge on any atom is -0.399 e. The molecule has 4 N–H and O–H groups in total. The highest BCUT2D eigenvalue weighted by Crippen LogP contribution is 2.10. The van der Waals surface area contributed by atoms with E-state index in [0.29, 0.717) is 5.69 Å². The molecule has 1 heterocycles. The standard InChI is InChI=1S/C14H22N4O2/c1-11(10-18-6-8-20-9-7-18)16-14(19)17-13-4-2-12(15)3-5-13/h2-5,11H,6-10,15H2,1H3,(H2,16,17,19). The number of hydrogen-bond donors (Lipinski definition) is 3. The fraction of sp³-hybridized carbons (Fsp3) is 0.500. The lowest BCUT2D eigenvalue weighted by Crippen LogP contribution is -2.47. The summed E-state index contributed by atoms with van der Waals surface area (Å²) in [7, 11) is 0. The Balaban J connectivity index is 1.74. The van der Waals surface area contributed by atoms with Crippen LogP contribution >= 0.6 is 0 Å². The van der Waals surface area contributed by atoms with Crippen LogP contribution in [-0.2, 0) is 4.74 Å². The normalized spacial score (nSPS) is 17.4. The van der Waals surface area contributed by atoms with Crippen LogP contribution in [0.4, 0.5) is 16.2 Å². The van der Waals surface area contributed by atoms with E-state index in [4.69, 9.17) is 10.5 Å². The summed E-state index contributed by atoms with van der Waals surface area (Å²) in [5.74, 6) is 0. The summed E-state index contributed by atoms with van der Waals surface area (Å²) in [5.41, 5.74) is 7.01. The van der Waals surface area contributed by atoms with Crippen LogP contribution in [0.2, 0.25) is 0 Å². The van der Waals surface area contributed by atoms with Gasteiger partial charge in [0.25, 0.3) is 0 Å². The summed E-state index contributed by atoms with van der Waals surface area (Å²) >= 11 is 0. The minimum atomic E-state index is -0.199. The molecule has 0 aliphatic carbocycles. The molecule has 0 bridgehead atoms. The Morgan fingerprint density at radius 3 is 2.65 bits per heavy atom. The zero-order valence-electron chi connectivity index (χ0n) is 11.8. The van der Waals surface area contributed by atoms with Crippen LogP contribution < -0.4 is 16.4 Å². The van der Waals surface area contributed by atoms with E-state index in [0.717, 1.165) is 38.5 Å². The molecule has 0 spiro atoms. The van der Waals surface area contributed by atoms with E-state index >= 15 is 0 Å². The predicted molar refractivity (Wildman–Crippen MR) is 79.7 cm³/mol. The number of rotatable bonds is 4. The van der Waals surface area contributed by atoms with Crippen molar-refractivity contribution in [3.8, 4) is 0 Å². The summed E-state index contributed by atoms with van der Waals surface area (Å²) in [5, 5.41) is 5.71. The maximum absolute atomic E-state index is 11.9. The number of urea groups is 1. The molecule has 1 atom stereocenters. The minimum absolute atomic E-state index is 0.0851. The van der Waals surface area contributed by atoms with E-state index in [2.05, 4.69) is 15.5 Å². The highest BCUT2D eigenvalue weighted by molar-refractivity contribution is 5.89. The molecular weight excluding hydrogens is 256 g/mol. The molecule has 1 aliphatic heterocycles. The van der Waals surface area contributed by atoms with Gasteiger partial charge in [0.1, 0.15) is 0 Å². The molecule has 0 radical (unpaired) electrons. The molecule has 1 aromatic rings. The monoisotopic (exact) mass is 278 g/mol. The quantitative estimate of drug-likeness (QED) is 0.721. The van der Waals surface area contributed by atoms with E-state index in [1.54, 1.807) is 24.3 Å². The van der Waals surface area contributed by atoms with E-state index in [1.165, 1.54) is 0 Å². The van der Waals surface area contributed by atoms with Gasteiger partial charge in [-0.1, -0.05) is 0 Å². The number of carbonyl (C=O) groups excluding carboxylic acids is 1. The van der Waals surface area contributed by atoms with Gasteiger partial charge in [-0.3, -0.25) is 4.90 Å². The second kappa shape index (κ2) is 7.12. The van der Waals surface area contributed by atoms with Crippen molar-refractivity contribution < 1.29 is 9.53 Å². The van der Waals surface area contributed by atoms with Gasteiger partial charge in [-0.2, -0.15) is 0 Å². The number of nitrogen functional groups attached to an aromatic ring is 1. The van der Waals surface area contributed by atoms with Crippen LogP contribution in [0.15, 0.2) is 24.3 Å². The van der Waals surface area contributed by atoms with Gasteiger partial charge in [0, 0.05) is 37.1 Å². The van der Waals surface area contributed by atoms with Gasteiger partial charge < -0.3 is 21.1 Å². The highest BCUT2D eigenvalue weighted by Gasteiger charge is 2.15. The fourth-order valence-corrected chi connectivity index (χ4v) is 2.17. The molecular formula is C14H22N4O2. The van der Waals surface area contributed by atoms with Crippen LogP contribution in [0.1, 0.15) is 6.92 Å². The lowest BCUT2D eigenvalue weighted by molar-refractivity contribution is 0.0350. The third-order valence-electron chi connectivity index (χ3n) is 3.18. The zero-order valence-corrected chi connectivity index (χ0v) is 11.8. The number of nitrogens with one attached hydrogen (secondary N) is 2. The third-order valence-corrected chi connectivity index (χ3v) is 3.18. The predicted octanol–water partition coefficient (Wildman–Crippen LogP) is 1.11. The second-order valence-electron chi connectivity index (χ2n) is 5.03. The smallest absolute Gasteiger partial charge is 0.319 e. The molecule has 1 aromatic carbocycles. The molecule has 6 heteroatoms. The van der Waals surface area contributed by atoms with Crippen molar-refractivity contribution in [2.45, 2.75) is 13.0 Å². The molecule has 1 aliphatic rings. The second-order valence-corrected chi connectivity index (χ2v) is 5.03. The van der Waals surface area contributed by atoms with Gasteiger partial charge in [-0.15, -0.1) is 0 Å². The zero-order chi connectivity index (χ0) is 14.4. The molecule has 1 unspecified atom stereocenters. The number of benzene rings is 1. The Hall–Kier alpha value is -1.79. The SMILES string of the molecule is CC(CN1CCOCC1)NC(=O)Nc1ccc(N)cc1. The highest BCUT2D eigenvalue weighted by atomic mass is 16.5. The summed E-state index contributed by atoms with van der Waals surface area (Å²) in [6.07, 6.45) is 0. The molecule has 0 aromatic heterocycles. The lowest BCUT2D eigenvalue weighted by Gasteiger charge is -2.29. The topological polar surface area (TPSA) is 79.6 Å². The third kappa shape index (κ3) is 4.71. The average Bonchev–Trinajstić information content (AvgIpc) is 2.42. The Bertz CT molecular complexity index is 429. The first kappa shape index (κ1) is 14.6. The van der Waals surface area contributed by atoms with Gasteiger partial charge in [0.05, 0.1) is 13.2 Å². The van der Waals surface area contributed by atoms with Crippen molar-refractivity contribution in [1.82, 2.24) is 10.2 Å². The molecule has 1 saturated heterocycles. The van der Waals surface area contributed by atoms with Crippen molar-refractivity contribution in [1.29, 1.82) is 0 Å². The Kier molecular flexibility index (Phi) is 5.20. The van der Waals surface area contributed by atoms with E-state index in [1.807, 2.05) is 6.92 Å².